The van der Waals surface area contributed by atoms with Crippen LogP contribution in [0.15, 0.2) is 24.3 Å². The molecular formula is C22H23F2NO5S. The number of esters is 2. The minimum absolute atomic E-state index is 0.105. The van der Waals surface area contributed by atoms with E-state index in [2.05, 4.69) is 5.32 Å². The zero-order valence-corrected chi connectivity index (χ0v) is 18.2. The summed E-state index contributed by atoms with van der Waals surface area (Å²) in [5.74, 6) is -3.73. The summed E-state index contributed by atoms with van der Waals surface area (Å²) in [4.78, 5) is 37.2. The summed E-state index contributed by atoms with van der Waals surface area (Å²) in [6, 6.07) is 4.86. The smallest absolute Gasteiger partial charge is 0.340 e. The van der Waals surface area contributed by atoms with Crippen LogP contribution in [0.2, 0.25) is 0 Å². The Bertz CT molecular complexity index is 1010. The topological polar surface area (TPSA) is 81.7 Å². The second-order valence-electron chi connectivity index (χ2n) is 7.64. The molecule has 0 bridgehead atoms. The quantitative estimate of drug-likeness (QED) is 0.662. The Hall–Kier alpha value is -2.81. The summed E-state index contributed by atoms with van der Waals surface area (Å²) in [5.41, 5.74) is 0.465. The van der Waals surface area contributed by atoms with Crippen molar-refractivity contribution in [2.75, 3.05) is 12.4 Å². The zero-order valence-electron chi connectivity index (χ0n) is 17.4. The van der Waals surface area contributed by atoms with Crippen molar-refractivity contribution in [1.82, 2.24) is 0 Å². The molecule has 0 unspecified atom stereocenters. The summed E-state index contributed by atoms with van der Waals surface area (Å²) in [6.45, 7) is 3.34. The lowest BCUT2D eigenvalue weighted by atomic mass is 9.80. The number of benzene rings is 1. The molecule has 1 aliphatic rings. The molecule has 1 fully saturated rings. The van der Waals surface area contributed by atoms with Gasteiger partial charge in [0, 0.05) is 11.8 Å². The molecule has 2 aromatic rings. The highest BCUT2D eigenvalue weighted by molar-refractivity contribution is 7.20. The van der Waals surface area contributed by atoms with Gasteiger partial charge in [0.2, 0.25) is 5.91 Å². The van der Waals surface area contributed by atoms with Gasteiger partial charge in [0.05, 0.1) is 18.6 Å². The predicted molar refractivity (Wildman–Crippen MR) is 112 cm³/mol. The molecule has 0 aliphatic heterocycles. The van der Waals surface area contributed by atoms with Gasteiger partial charge in [-0.1, -0.05) is 13.0 Å². The first kappa shape index (κ1) is 22.9. The fourth-order valence-electron chi connectivity index (χ4n) is 3.71. The molecule has 1 aromatic heterocycles. The summed E-state index contributed by atoms with van der Waals surface area (Å²) in [5, 5.41) is 2.98. The molecule has 0 saturated heterocycles. The van der Waals surface area contributed by atoms with E-state index in [1.165, 1.54) is 26.2 Å². The maximum absolute atomic E-state index is 13.7. The molecule has 166 valence electrons. The van der Waals surface area contributed by atoms with Crippen molar-refractivity contribution in [2.45, 2.75) is 39.2 Å². The third-order valence-corrected chi connectivity index (χ3v) is 6.39. The van der Waals surface area contributed by atoms with E-state index in [1.54, 1.807) is 0 Å². The maximum Gasteiger partial charge on any atom is 0.340 e. The Balaban J connectivity index is 1.89. The molecule has 9 heteroatoms. The molecule has 6 nitrogen and oxygen atoms in total. The fourth-order valence-corrected chi connectivity index (χ4v) is 4.76. The third-order valence-electron chi connectivity index (χ3n) is 5.29. The molecule has 1 aromatic carbocycles. The van der Waals surface area contributed by atoms with Gasteiger partial charge in [-0.15, -0.1) is 11.3 Å². The first-order valence-corrected chi connectivity index (χ1v) is 10.7. The van der Waals surface area contributed by atoms with E-state index in [0.29, 0.717) is 29.2 Å². The minimum atomic E-state index is -1.02. The van der Waals surface area contributed by atoms with E-state index in [9.17, 15) is 23.2 Å². The Morgan fingerprint density at radius 2 is 1.87 bits per heavy atom. The number of hydrogen-bond acceptors (Lipinski definition) is 6. The number of methoxy groups -OCH3 is 1. The number of rotatable bonds is 5. The van der Waals surface area contributed by atoms with E-state index in [-0.39, 0.29) is 16.5 Å². The van der Waals surface area contributed by atoms with Crippen LogP contribution in [-0.4, -0.2) is 31.1 Å². The average Bonchev–Trinajstić information content (AvgIpc) is 3.12. The van der Waals surface area contributed by atoms with Crippen molar-refractivity contribution in [3.8, 4) is 10.4 Å². The molecule has 3 atom stereocenters. The number of nitrogens with one attached hydrogen (secondary N) is 1. The second kappa shape index (κ2) is 9.55. The van der Waals surface area contributed by atoms with Gasteiger partial charge in [0.1, 0.15) is 11.1 Å². The van der Waals surface area contributed by atoms with Gasteiger partial charge in [-0.25, -0.2) is 13.6 Å². The summed E-state index contributed by atoms with van der Waals surface area (Å²) >= 11 is 1.05. The summed E-state index contributed by atoms with van der Waals surface area (Å²) in [7, 11) is 1.21. The molecule has 0 spiro atoms. The molecule has 1 saturated carbocycles. The van der Waals surface area contributed by atoms with Gasteiger partial charge in [0.15, 0.2) is 11.6 Å². The van der Waals surface area contributed by atoms with Crippen molar-refractivity contribution >= 4 is 34.2 Å². The number of hydrogen-bond donors (Lipinski definition) is 1. The SMILES string of the molecule is COC(=O)c1cc(-c2ccc(F)c(F)c2)sc1NC(=O)[C@@H]1CC[C@@H](C)C[C@@H]1OC(C)=O. The second-order valence-corrected chi connectivity index (χ2v) is 8.69. The number of anilines is 1. The van der Waals surface area contributed by atoms with E-state index in [1.807, 2.05) is 6.92 Å². The van der Waals surface area contributed by atoms with Crippen LogP contribution in [0.25, 0.3) is 10.4 Å². The summed E-state index contributed by atoms with van der Waals surface area (Å²) < 4.78 is 37.1. The first-order valence-electron chi connectivity index (χ1n) is 9.85. The maximum atomic E-state index is 13.7. The number of carbonyl (C=O) groups is 3. The van der Waals surface area contributed by atoms with Crippen LogP contribution in [0.4, 0.5) is 13.8 Å². The number of thiophene rings is 1. The first-order chi connectivity index (χ1) is 14.7. The van der Waals surface area contributed by atoms with Gasteiger partial charge in [-0.3, -0.25) is 9.59 Å². The molecule has 1 amide bonds. The van der Waals surface area contributed by atoms with Gasteiger partial charge < -0.3 is 14.8 Å². The van der Waals surface area contributed by atoms with Crippen LogP contribution in [0, 0.1) is 23.5 Å². The van der Waals surface area contributed by atoms with Gasteiger partial charge >= 0.3 is 11.9 Å². The highest BCUT2D eigenvalue weighted by Gasteiger charge is 2.36. The van der Waals surface area contributed by atoms with E-state index in [0.717, 1.165) is 29.9 Å². The zero-order chi connectivity index (χ0) is 22.7. The van der Waals surface area contributed by atoms with Crippen LogP contribution in [0.5, 0.6) is 0 Å². The number of amides is 1. The van der Waals surface area contributed by atoms with Gasteiger partial charge in [-0.2, -0.15) is 0 Å². The molecule has 0 radical (unpaired) electrons. The van der Waals surface area contributed by atoms with E-state index in [4.69, 9.17) is 9.47 Å². The lowest BCUT2D eigenvalue weighted by Gasteiger charge is -2.33. The molecule has 1 aliphatic carbocycles. The molecule has 31 heavy (non-hydrogen) atoms. The van der Waals surface area contributed by atoms with Crippen LogP contribution in [0.3, 0.4) is 0 Å². The van der Waals surface area contributed by atoms with Crippen LogP contribution < -0.4 is 5.32 Å². The van der Waals surface area contributed by atoms with Gasteiger partial charge in [0.25, 0.3) is 0 Å². The normalized spacial score (nSPS) is 20.7. The van der Waals surface area contributed by atoms with Crippen molar-refractivity contribution in [3.63, 3.8) is 0 Å². The third kappa shape index (κ3) is 5.28. The highest BCUT2D eigenvalue weighted by Crippen LogP contribution is 2.38. The Morgan fingerprint density at radius 1 is 1.13 bits per heavy atom. The van der Waals surface area contributed by atoms with Crippen molar-refractivity contribution in [1.29, 1.82) is 0 Å². The lowest BCUT2D eigenvalue weighted by molar-refractivity contribution is -0.153. The highest BCUT2D eigenvalue weighted by atomic mass is 32.1. The molecule has 1 N–H and O–H groups in total. The molecule has 1 heterocycles. The number of carbonyl (C=O) groups excluding carboxylic acids is 3. The monoisotopic (exact) mass is 451 g/mol. The Morgan fingerprint density at radius 3 is 2.52 bits per heavy atom. The fraction of sp³-hybridized carbons (Fsp3) is 0.409. The molecule has 3 rings (SSSR count). The number of halogens is 2. The standard InChI is InChI=1S/C22H23F2NO5S/c1-11-4-6-14(18(8-11)30-12(2)26)20(27)25-21-15(22(28)29-3)10-19(31-21)13-5-7-16(23)17(24)9-13/h5,7,9-11,14,18H,4,6,8H2,1-3H3,(H,25,27)/t11-,14-,18+/m1/s1. The Labute approximate surface area is 182 Å². The van der Waals surface area contributed by atoms with E-state index < -0.39 is 35.6 Å². The Kier molecular flexibility index (Phi) is 7.04. The van der Waals surface area contributed by atoms with Gasteiger partial charge in [-0.05, 0) is 48.9 Å². The van der Waals surface area contributed by atoms with Crippen LogP contribution in [0.1, 0.15) is 43.5 Å². The van der Waals surface area contributed by atoms with E-state index >= 15 is 0 Å². The average molecular weight is 451 g/mol. The predicted octanol–water partition coefficient (Wildman–Crippen LogP) is 4.79. The summed E-state index contributed by atoms with van der Waals surface area (Å²) in [6.07, 6.45) is 1.38. The van der Waals surface area contributed by atoms with Crippen molar-refractivity contribution in [2.24, 2.45) is 11.8 Å². The van der Waals surface area contributed by atoms with Crippen LogP contribution in [-0.2, 0) is 19.1 Å². The lowest BCUT2D eigenvalue weighted by Crippen LogP contribution is -2.40. The van der Waals surface area contributed by atoms with Crippen LogP contribution >= 0.6 is 11.3 Å². The molecular weight excluding hydrogens is 428 g/mol. The largest absolute Gasteiger partial charge is 0.465 e. The van der Waals surface area contributed by atoms with Crippen molar-refractivity contribution < 1.29 is 32.6 Å². The van der Waals surface area contributed by atoms with Crippen molar-refractivity contribution in [3.05, 3.63) is 41.5 Å². The minimum Gasteiger partial charge on any atom is -0.465 e. The number of ether oxygens (including phenoxy) is 2.